The number of likely N-dealkylation sites (tertiary alicyclic amines) is 1. The van der Waals surface area contributed by atoms with Crippen molar-refractivity contribution in [1.29, 1.82) is 0 Å². The second kappa shape index (κ2) is 5.78. The van der Waals surface area contributed by atoms with Gasteiger partial charge < -0.3 is 4.74 Å². The monoisotopic (exact) mass is 278 g/mol. The zero-order valence-electron chi connectivity index (χ0n) is 12.3. The van der Waals surface area contributed by atoms with Crippen molar-refractivity contribution >= 4 is 0 Å². The van der Waals surface area contributed by atoms with Crippen LogP contribution in [0.15, 0.2) is 12.1 Å². The molecule has 1 aromatic rings. The number of halogens is 1. The molecule has 0 aliphatic carbocycles. The molecule has 4 heteroatoms. The summed E-state index contributed by atoms with van der Waals surface area (Å²) in [5.74, 6) is 0.883. The van der Waals surface area contributed by atoms with E-state index in [2.05, 4.69) is 30.9 Å². The number of pyridine rings is 1. The number of aromatic nitrogens is 1. The summed E-state index contributed by atoms with van der Waals surface area (Å²) >= 11 is 0. The fraction of sp³-hybridized carbons (Fsp3) is 0.688. The van der Waals surface area contributed by atoms with Gasteiger partial charge in [-0.3, -0.25) is 9.88 Å². The van der Waals surface area contributed by atoms with Gasteiger partial charge in [0.2, 0.25) is 0 Å². The highest BCUT2D eigenvalue weighted by atomic mass is 19.1. The summed E-state index contributed by atoms with van der Waals surface area (Å²) in [7, 11) is 0. The van der Waals surface area contributed by atoms with Gasteiger partial charge in [0.1, 0.15) is 6.17 Å². The molecule has 2 fully saturated rings. The predicted octanol–water partition coefficient (Wildman–Crippen LogP) is 2.86. The standard InChI is InChI=1S/C16H23FN2O/c1-11(2)15-4-3-14(12-5-6-20-10-12)16(18-15)9-19-7-13(17)8-19/h3-4,11-13H,5-10H2,1-2H3. The Balaban J connectivity index is 1.83. The number of ether oxygens (including phenoxy) is 1. The lowest BCUT2D eigenvalue weighted by atomic mass is 9.94. The molecule has 3 nitrogen and oxygen atoms in total. The van der Waals surface area contributed by atoms with Crippen LogP contribution in [-0.2, 0) is 11.3 Å². The zero-order valence-corrected chi connectivity index (χ0v) is 12.3. The molecule has 1 aromatic heterocycles. The summed E-state index contributed by atoms with van der Waals surface area (Å²) in [5, 5.41) is 0. The molecule has 2 aliphatic heterocycles. The molecule has 0 spiro atoms. The van der Waals surface area contributed by atoms with Crippen molar-refractivity contribution in [3.05, 3.63) is 29.1 Å². The van der Waals surface area contributed by atoms with E-state index >= 15 is 0 Å². The number of hydrogen-bond acceptors (Lipinski definition) is 3. The van der Waals surface area contributed by atoms with Gasteiger partial charge in [0.15, 0.2) is 0 Å². The first kappa shape index (κ1) is 14.0. The minimum Gasteiger partial charge on any atom is -0.381 e. The van der Waals surface area contributed by atoms with Crippen LogP contribution in [0.25, 0.3) is 0 Å². The normalized spacial score (nSPS) is 24.3. The van der Waals surface area contributed by atoms with E-state index in [0.29, 0.717) is 24.9 Å². The fourth-order valence-corrected chi connectivity index (χ4v) is 2.98. The summed E-state index contributed by atoms with van der Waals surface area (Å²) in [6, 6.07) is 4.35. The van der Waals surface area contributed by atoms with Gasteiger partial charge in [0, 0.05) is 37.9 Å². The van der Waals surface area contributed by atoms with Crippen LogP contribution < -0.4 is 0 Å². The van der Waals surface area contributed by atoms with Crippen LogP contribution in [0, 0.1) is 0 Å². The lowest BCUT2D eigenvalue weighted by Crippen LogP contribution is -2.47. The Labute approximate surface area is 120 Å². The second-order valence-corrected chi connectivity index (χ2v) is 6.28. The number of rotatable bonds is 4. The van der Waals surface area contributed by atoms with E-state index in [9.17, 15) is 4.39 Å². The molecule has 0 aromatic carbocycles. The van der Waals surface area contributed by atoms with Crippen molar-refractivity contribution in [2.75, 3.05) is 26.3 Å². The molecule has 2 aliphatic rings. The third-order valence-electron chi connectivity index (χ3n) is 4.28. The molecule has 2 saturated heterocycles. The molecular weight excluding hydrogens is 255 g/mol. The van der Waals surface area contributed by atoms with Gasteiger partial charge in [0.25, 0.3) is 0 Å². The van der Waals surface area contributed by atoms with E-state index in [1.54, 1.807) is 0 Å². The second-order valence-electron chi connectivity index (χ2n) is 6.28. The van der Waals surface area contributed by atoms with Crippen LogP contribution in [0.4, 0.5) is 4.39 Å². The topological polar surface area (TPSA) is 25.4 Å². The molecule has 0 saturated carbocycles. The molecule has 3 rings (SSSR count). The van der Waals surface area contributed by atoms with E-state index in [-0.39, 0.29) is 0 Å². The maximum absolute atomic E-state index is 13.0. The molecule has 110 valence electrons. The minimum atomic E-state index is -0.651. The summed E-state index contributed by atoms with van der Waals surface area (Å²) < 4.78 is 18.5. The molecule has 20 heavy (non-hydrogen) atoms. The van der Waals surface area contributed by atoms with Crippen LogP contribution >= 0.6 is 0 Å². The Kier molecular flexibility index (Phi) is 4.03. The molecule has 1 atom stereocenters. The highest BCUT2D eigenvalue weighted by Crippen LogP contribution is 2.30. The van der Waals surface area contributed by atoms with Crippen molar-refractivity contribution < 1.29 is 9.13 Å². The van der Waals surface area contributed by atoms with Gasteiger partial charge in [-0.05, 0) is 24.0 Å². The third-order valence-corrected chi connectivity index (χ3v) is 4.28. The first-order valence-electron chi connectivity index (χ1n) is 7.57. The Morgan fingerprint density at radius 2 is 2.20 bits per heavy atom. The Hall–Kier alpha value is -1.00. The van der Waals surface area contributed by atoms with Gasteiger partial charge in [-0.1, -0.05) is 19.9 Å². The first-order valence-corrected chi connectivity index (χ1v) is 7.57. The molecule has 0 N–H and O–H groups in total. The molecule has 0 bridgehead atoms. The largest absolute Gasteiger partial charge is 0.381 e. The number of alkyl halides is 1. The van der Waals surface area contributed by atoms with Crippen molar-refractivity contribution in [1.82, 2.24) is 9.88 Å². The average Bonchev–Trinajstić information content (AvgIpc) is 2.90. The summed E-state index contributed by atoms with van der Waals surface area (Å²) in [4.78, 5) is 6.98. The minimum absolute atomic E-state index is 0.424. The van der Waals surface area contributed by atoms with Crippen LogP contribution in [0.5, 0.6) is 0 Å². The quantitative estimate of drug-likeness (QED) is 0.847. The van der Waals surface area contributed by atoms with Gasteiger partial charge in [0.05, 0.1) is 12.3 Å². The smallest absolute Gasteiger partial charge is 0.125 e. The highest BCUT2D eigenvalue weighted by molar-refractivity contribution is 5.29. The van der Waals surface area contributed by atoms with Crippen LogP contribution in [0.1, 0.15) is 49.1 Å². The van der Waals surface area contributed by atoms with Gasteiger partial charge >= 0.3 is 0 Å². The van der Waals surface area contributed by atoms with Gasteiger partial charge in [-0.15, -0.1) is 0 Å². The van der Waals surface area contributed by atoms with E-state index in [4.69, 9.17) is 9.72 Å². The van der Waals surface area contributed by atoms with E-state index < -0.39 is 6.17 Å². The number of nitrogens with zero attached hydrogens (tertiary/aromatic N) is 2. The third kappa shape index (κ3) is 2.86. The van der Waals surface area contributed by atoms with E-state index in [0.717, 1.165) is 37.6 Å². The van der Waals surface area contributed by atoms with Crippen molar-refractivity contribution in [3.63, 3.8) is 0 Å². The molecule has 0 amide bonds. The predicted molar refractivity (Wildman–Crippen MR) is 76.7 cm³/mol. The van der Waals surface area contributed by atoms with Gasteiger partial charge in [-0.25, -0.2) is 4.39 Å². The van der Waals surface area contributed by atoms with E-state index in [1.165, 1.54) is 5.56 Å². The Morgan fingerprint density at radius 1 is 1.40 bits per heavy atom. The summed E-state index contributed by atoms with van der Waals surface area (Å²) in [5.41, 5.74) is 3.55. The zero-order chi connectivity index (χ0) is 14.1. The van der Waals surface area contributed by atoms with Crippen LogP contribution in [-0.4, -0.2) is 42.4 Å². The highest BCUT2D eigenvalue weighted by Gasteiger charge is 2.29. The maximum atomic E-state index is 13.0. The average molecular weight is 278 g/mol. The van der Waals surface area contributed by atoms with Crippen molar-refractivity contribution in [2.45, 2.75) is 44.8 Å². The van der Waals surface area contributed by atoms with Gasteiger partial charge in [-0.2, -0.15) is 0 Å². The molecule has 0 radical (unpaired) electrons. The fourth-order valence-electron chi connectivity index (χ4n) is 2.98. The van der Waals surface area contributed by atoms with Crippen LogP contribution in [0.2, 0.25) is 0 Å². The van der Waals surface area contributed by atoms with Crippen LogP contribution in [0.3, 0.4) is 0 Å². The van der Waals surface area contributed by atoms with E-state index in [1.807, 2.05) is 0 Å². The summed E-state index contributed by atoms with van der Waals surface area (Å²) in [6.07, 6.45) is 0.420. The summed E-state index contributed by atoms with van der Waals surface area (Å²) in [6.45, 7) is 7.82. The number of hydrogen-bond donors (Lipinski definition) is 0. The SMILES string of the molecule is CC(C)c1ccc(C2CCOC2)c(CN2CC(F)C2)n1. The molecule has 3 heterocycles. The molecular formula is C16H23FN2O. The first-order chi connectivity index (χ1) is 9.63. The Morgan fingerprint density at radius 3 is 2.80 bits per heavy atom. The van der Waals surface area contributed by atoms with Crippen molar-refractivity contribution in [2.24, 2.45) is 0 Å². The lowest BCUT2D eigenvalue weighted by molar-refractivity contribution is 0.0576. The maximum Gasteiger partial charge on any atom is 0.125 e. The van der Waals surface area contributed by atoms with Crippen molar-refractivity contribution in [3.8, 4) is 0 Å². The Bertz CT molecular complexity index is 466. The lowest BCUT2D eigenvalue weighted by Gasteiger charge is -2.34. The molecule has 1 unspecified atom stereocenters.